The number of allylic oxidation sites excluding steroid dienone is 1. The third-order valence-corrected chi connectivity index (χ3v) is 17.6. The van der Waals surface area contributed by atoms with E-state index in [4.69, 9.17) is 9.08 Å². The Bertz CT molecular complexity index is 2360. The highest BCUT2D eigenvalue weighted by Gasteiger charge is 2.59. The first-order chi connectivity index (χ1) is 30.1. The molecular weight excluding hydrogens is 858 g/mol. The lowest BCUT2D eigenvalue weighted by Crippen LogP contribution is -2.66. The van der Waals surface area contributed by atoms with Crippen molar-refractivity contribution >= 4 is 49.4 Å². The van der Waals surface area contributed by atoms with Crippen LogP contribution in [0, 0.1) is 23.6 Å². The number of benzene rings is 4. The Hall–Kier alpha value is -5.03. The molecule has 0 radical (unpaired) electrons. The van der Waals surface area contributed by atoms with E-state index in [1.165, 1.54) is 12.1 Å². The molecule has 2 N–H and O–H groups in total. The molecule has 1 aliphatic carbocycles. The maximum atomic E-state index is 14.6. The van der Waals surface area contributed by atoms with Crippen molar-refractivity contribution < 1.29 is 59.5 Å². The number of phenols is 1. The number of aromatic hydroxyl groups is 1. The Morgan fingerprint density at radius 1 is 0.844 bits per heavy atom. The second-order valence-corrected chi connectivity index (χ2v) is 22.2. The van der Waals surface area contributed by atoms with Crippen LogP contribution >= 0.6 is 0 Å². The predicted molar refractivity (Wildman–Crippen MR) is 232 cm³/mol. The molecule has 0 spiro atoms. The smallest absolute Gasteiger partial charge is 0.455 e. The molecule has 4 atom stereocenters. The first-order valence-corrected chi connectivity index (χ1v) is 23.2. The van der Waals surface area contributed by atoms with Gasteiger partial charge in [0.25, 0.3) is 8.32 Å². The quantitative estimate of drug-likeness (QED) is 0.0637. The highest BCUT2D eigenvalue weighted by Crippen LogP contribution is 2.53. The molecule has 7 rings (SSSR count). The summed E-state index contributed by atoms with van der Waals surface area (Å²) in [6, 6.07) is 24.3. The number of carbonyl (C=O) groups is 2. The molecule has 0 bridgehead atoms. The van der Waals surface area contributed by atoms with Crippen molar-refractivity contribution in [3.8, 4) is 5.75 Å². The van der Waals surface area contributed by atoms with Crippen molar-refractivity contribution in [3.63, 3.8) is 0 Å². The fraction of sp³-hybridized carbons (Fsp3) is 0.375. The van der Waals surface area contributed by atoms with E-state index in [0.717, 1.165) is 22.4 Å². The molecule has 16 heteroatoms. The molecule has 2 fully saturated rings. The normalized spacial score (nSPS) is 21.1. The fourth-order valence-corrected chi connectivity index (χ4v) is 14.5. The first-order valence-electron chi connectivity index (χ1n) is 21.3. The van der Waals surface area contributed by atoms with Crippen molar-refractivity contribution in [1.82, 2.24) is 0 Å². The van der Waals surface area contributed by atoms with Crippen LogP contribution < -0.4 is 15.3 Å². The van der Waals surface area contributed by atoms with E-state index in [1.54, 1.807) is 6.07 Å². The minimum Gasteiger partial charge on any atom is -0.505 e. The lowest BCUT2D eigenvalue weighted by atomic mass is 9.58. The highest BCUT2D eigenvalue weighted by molar-refractivity contribution is 6.99. The Morgan fingerprint density at radius 2 is 1.44 bits per heavy atom. The Morgan fingerprint density at radius 3 is 1.97 bits per heavy atom. The second-order valence-electron chi connectivity index (χ2n) is 17.8. The van der Waals surface area contributed by atoms with Crippen LogP contribution in [0.15, 0.2) is 114 Å². The number of alkyl halides is 6. The van der Waals surface area contributed by atoms with Crippen molar-refractivity contribution in [1.29, 1.82) is 0 Å². The number of imide groups is 1. The lowest BCUT2D eigenvalue weighted by molar-refractivity contribution is -0.143. The zero-order chi connectivity index (χ0) is 46.4. The average molecular weight is 908 g/mol. The summed E-state index contributed by atoms with van der Waals surface area (Å²) in [5.74, 6) is -6.54. The lowest BCUT2D eigenvalue weighted by Gasteiger charge is -2.46. The molecule has 338 valence electrons. The van der Waals surface area contributed by atoms with Crippen LogP contribution in [0.1, 0.15) is 76.5 Å². The van der Waals surface area contributed by atoms with Crippen molar-refractivity contribution in [2.45, 2.75) is 89.6 Å². The summed E-state index contributed by atoms with van der Waals surface area (Å²) in [4.78, 5) is 29.5. The zero-order valence-electron chi connectivity index (χ0n) is 35.8. The Balaban J connectivity index is 1.34. The number of phenolic OH excluding ortho intramolecular Hbond substituents is 1. The molecule has 2 amide bonds. The van der Waals surface area contributed by atoms with Crippen LogP contribution in [0.2, 0.25) is 11.4 Å². The number of amides is 2. The number of carbonyl (C=O) groups excluding carboxylic acids is 2. The molecule has 0 aromatic heterocycles. The van der Waals surface area contributed by atoms with E-state index >= 15 is 0 Å². The standard InChI is InChI=1S/C48H49BF7NO6Si/c1-5-12-29(21-30-17-19-40(58)39(50)22-30)18-20-41-42-31(28-62-64(46(2,3)4,35-13-8-6-9-14-35)36-15-10-7-11-16-36)23-37-43(38(42)27-49(61)63-41)45(60)57(44(37)59)34-25-32(47(51,52)53)24-33(26-34)48(54,55)56/h6-11,13-17,19,21-22,24-26,37-38,41,43,58,61H,5,12,18,20,23,27-28H2,1-4H3/b29-21+/t37-,38+,41-,43-/m1/s1. The van der Waals surface area contributed by atoms with Crippen LogP contribution in [0.25, 0.3) is 6.08 Å². The first kappa shape index (κ1) is 46.9. The molecule has 2 heterocycles. The number of hydrogen-bond acceptors (Lipinski definition) is 6. The van der Waals surface area contributed by atoms with Gasteiger partial charge >= 0.3 is 19.5 Å². The number of anilines is 1. The number of halogens is 7. The zero-order valence-corrected chi connectivity index (χ0v) is 36.8. The fourth-order valence-electron chi connectivity index (χ4n) is 9.93. The minimum atomic E-state index is -5.23. The molecule has 4 aromatic rings. The van der Waals surface area contributed by atoms with E-state index in [9.17, 15) is 50.5 Å². The summed E-state index contributed by atoms with van der Waals surface area (Å²) < 4.78 is 112. The van der Waals surface area contributed by atoms with E-state index in [1.807, 2.05) is 73.7 Å². The van der Waals surface area contributed by atoms with Gasteiger partial charge in [-0.3, -0.25) is 9.59 Å². The maximum absolute atomic E-state index is 14.6. The average Bonchev–Trinajstić information content (AvgIpc) is 3.49. The summed E-state index contributed by atoms with van der Waals surface area (Å²) in [5.41, 5.74) is -1.58. The van der Waals surface area contributed by atoms with E-state index < -0.39 is 96.9 Å². The highest BCUT2D eigenvalue weighted by atomic mass is 28.4. The van der Waals surface area contributed by atoms with Gasteiger partial charge in [0.15, 0.2) is 11.6 Å². The number of nitrogens with zero attached hydrogens (tertiary/aromatic N) is 1. The minimum absolute atomic E-state index is 0.0552. The molecule has 2 saturated heterocycles. The summed E-state index contributed by atoms with van der Waals surface area (Å²) in [7, 11) is -4.70. The van der Waals surface area contributed by atoms with Gasteiger partial charge in [-0.05, 0) is 100 Å². The number of fused-ring (bicyclic) bond motifs is 3. The van der Waals surface area contributed by atoms with Crippen molar-refractivity contribution in [3.05, 3.63) is 136 Å². The largest absolute Gasteiger partial charge is 0.505 e. The Labute approximate surface area is 368 Å². The summed E-state index contributed by atoms with van der Waals surface area (Å²) >= 11 is 0. The SMILES string of the molecule is CCC/C(=C\c1ccc(O)c(F)c1)CC[C@H]1OB(O)C[C@H]2C1=C(CO[Si](c1ccccc1)(c1ccccc1)C(C)(C)C)C[C@H]1C(=O)N(c3cc(C(F)(F)F)cc(C(F)(F)F)c3)C(=O)[C@H]12. The third kappa shape index (κ3) is 9.24. The van der Waals surface area contributed by atoms with E-state index in [2.05, 4.69) is 20.8 Å². The van der Waals surface area contributed by atoms with Gasteiger partial charge in [0.2, 0.25) is 11.8 Å². The summed E-state index contributed by atoms with van der Waals surface area (Å²) in [6.45, 7) is 8.17. The molecule has 2 aliphatic heterocycles. The van der Waals surface area contributed by atoms with E-state index in [0.29, 0.717) is 46.6 Å². The van der Waals surface area contributed by atoms with Gasteiger partial charge in [0.05, 0.1) is 41.4 Å². The van der Waals surface area contributed by atoms with Gasteiger partial charge in [-0.2, -0.15) is 26.3 Å². The topological polar surface area (TPSA) is 96.3 Å². The number of hydrogen-bond donors (Lipinski definition) is 2. The van der Waals surface area contributed by atoms with Crippen molar-refractivity contribution in [2.24, 2.45) is 17.8 Å². The number of rotatable bonds is 12. The molecular formula is C48H49BF7NO6Si. The molecule has 0 saturated carbocycles. The van der Waals surface area contributed by atoms with Crippen LogP contribution in [-0.4, -0.2) is 50.1 Å². The van der Waals surface area contributed by atoms with Crippen LogP contribution in [0.3, 0.4) is 0 Å². The van der Waals surface area contributed by atoms with Gasteiger partial charge in [0.1, 0.15) is 0 Å². The van der Waals surface area contributed by atoms with Gasteiger partial charge in [-0.25, -0.2) is 9.29 Å². The molecule has 0 unspecified atom stereocenters. The molecule has 3 aliphatic rings. The predicted octanol–water partition coefficient (Wildman–Crippen LogP) is 10.1. The monoisotopic (exact) mass is 907 g/mol. The van der Waals surface area contributed by atoms with Crippen LogP contribution in [-0.2, 0) is 31.0 Å². The van der Waals surface area contributed by atoms with Crippen molar-refractivity contribution in [2.75, 3.05) is 11.5 Å². The third-order valence-electron chi connectivity index (χ3n) is 12.7. The molecule has 4 aromatic carbocycles. The van der Waals surface area contributed by atoms with Crippen LogP contribution in [0.4, 0.5) is 36.4 Å². The Kier molecular flexibility index (Phi) is 13.3. The second kappa shape index (κ2) is 18.1. The van der Waals surface area contributed by atoms with Gasteiger partial charge in [0, 0.05) is 0 Å². The molecule has 7 nitrogen and oxygen atoms in total. The molecule has 64 heavy (non-hydrogen) atoms. The summed E-state index contributed by atoms with van der Waals surface area (Å²) in [6.07, 6.45) is -7.82. The maximum Gasteiger partial charge on any atom is 0.455 e. The van der Waals surface area contributed by atoms with E-state index in [-0.39, 0.29) is 31.8 Å². The van der Waals surface area contributed by atoms with Crippen LogP contribution in [0.5, 0.6) is 5.75 Å². The van der Waals surface area contributed by atoms with Gasteiger partial charge < -0.3 is 19.2 Å². The van der Waals surface area contributed by atoms with Gasteiger partial charge in [-0.1, -0.05) is 112 Å². The summed E-state index contributed by atoms with van der Waals surface area (Å²) in [5, 5.41) is 22.5. The van der Waals surface area contributed by atoms with Gasteiger partial charge in [-0.15, -0.1) is 0 Å².